The van der Waals surface area contributed by atoms with Crippen molar-refractivity contribution in [1.29, 1.82) is 0 Å². The Bertz CT molecular complexity index is 6080. The highest BCUT2D eigenvalue weighted by atomic mass is 16.3. The molecule has 3 heterocycles. The third kappa shape index (κ3) is 9.19. The van der Waals surface area contributed by atoms with Crippen molar-refractivity contribution in [2.75, 3.05) is 0 Å². The number of aromatic nitrogens is 1. The fraction of sp³-hybridized carbons (Fsp3) is 0.0217. The quantitative estimate of drug-likeness (QED) is 0.128. The van der Waals surface area contributed by atoms with E-state index in [1.807, 2.05) is 0 Å². The van der Waals surface area contributed by atoms with E-state index in [-0.39, 0.29) is 0 Å². The van der Waals surface area contributed by atoms with Gasteiger partial charge in [0.2, 0.25) is 0 Å². The minimum Gasteiger partial charge on any atom is -0.460 e. The molecule has 0 N–H and O–H groups in total. The van der Waals surface area contributed by atoms with E-state index in [1.54, 1.807) is 0 Å². The summed E-state index contributed by atoms with van der Waals surface area (Å²) in [5.41, 5.74) is 28.1. The van der Waals surface area contributed by atoms with E-state index in [0.717, 1.165) is 140 Å². The van der Waals surface area contributed by atoms with E-state index < -0.39 is 0 Å². The lowest BCUT2D eigenvalue weighted by atomic mass is 9.85. The summed E-state index contributed by atoms with van der Waals surface area (Å²) in [7, 11) is 0. The van der Waals surface area contributed by atoms with Gasteiger partial charge in [0, 0.05) is 55.7 Å². The lowest BCUT2D eigenvalue weighted by Gasteiger charge is -2.19. The summed E-state index contributed by atoms with van der Waals surface area (Å²) in [6.07, 6.45) is 4.13. The van der Waals surface area contributed by atoms with Crippen LogP contribution in [0.15, 0.2) is 336 Å². The maximum atomic E-state index is 7.13. The van der Waals surface area contributed by atoms with Crippen molar-refractivity contribution in [2.24, 2.45) is 0 Å². The highest BCUT2D eigenvalue weighted by molar-refractivity contribution is 6.22. The number of rotatable bonds is 10. The molecular weight excluding hydrogens is 1150 g/mol. The predicted octanol–water partition coefficient (Wildman–Crippen LogP) is 25.6. The maximum Gasteiger partial charge on any atom is 0.143 e. The average Bonchev–Trinajstić information content (AvgIpc) is 1.74. The Hall–Kier alpha value is -12.3. The Kier molecular flexibility index (Phi) is 12.7. The Morgan fingerprint density at radius 2 is 0.642 bits per heavy atom. The molecular formula is C92H59NO2. The topological polar surface area (TPSA) is 31.2 Å². The lowest BCUT2D eigenvalue weighted by molar-refractivity contribution is 0.548. The smallest absolute Gasteiger partial charge is 0.143 e. The Morgan fingerprint density at radius 1 is 0.242 bits per heavy atom. The third-order valence-electron chi connectivity index (χ3n) is 19.9. The van der Waals surface area contributed by atoms with Gasteiger partial charge in [-0.2, -0.15) is 0 Å². The molecule has 0 fully saturated rings. The molecule has 18 aromatic rings. The zero-order valence-corrected chi connectivity index (χ0v) is 51.9. The van der Waals surface area contributed by atoms with Crippen LogP contribution in [-0.2, 0) is 6.42 Å². The van der Waals surface area contributed by atoms with Crippen LogP contribution in [0.3, 0.4) is 0 Å². The molecule has 0 spiro atoms. The molecule has 15 aromatic carbocycles. The lowest BCUT2D eigenvalue weighted by Crippen LogP contribution is -1.96. The first kappa shape index (κ1) is 54.4. The van der Waals surface area contributed by atoms with Crippen molar-refractivity contribution in [1.82, 2.24) is 4.57 Å². The summed E-state index contributed by atoms with van der Waals surface area (Å²) in [4.78, 5) is 0. The molecule has 444 valence electrons. The number of allylic oxidation sites excluding steroid dienone is 1. The van der Waals surface area contributed by atoms with Gasteiger partial charge in [0.25, 0.3) is 0 Å². The molecule has 0 bridgehead atoms. The van der Waals surface area contributed by atoms with Gasteiger partial charge in [-0.15, -0.1) is 0 Å². The Balaban J connectivity index is 0.816. The highest BCUT2D eigenvalue weighted by Crippen LogP contribution is 2.49. The minimum absolute atomic E-state index is 0.832. The molecule has 1 aliphatic rings. The number of benzene rings is 15. The molecule has 0 atom stereocenters. The maximum absolute atomic E-state index is 7.13. The van der Waals surface area contributed by atoms with Crippen LogP contribution in [0.4, 0.5) is 0 Å². The van der Waals surface area contributed by atoms with E-state index in [4.69, 9.17) is 8.83 Å². The predicted molar refractivity (Wildman–Crippen MR) is 399 cm³/mol. The van der Waals surface area contributed by atoms with Crippen LogP contribution in [0, 0.1) is 0 Å². The number of nitrogens with zero attached hydrogens (tertiary/aromatic N) is 1. The molecule has 0 aliphatic heterocycles. The molecule has 3 heteroatoms. The summed E-state index contributed by atoms with van der Waals surface area (Å²) in [6, 6.07) is 120. The van der Waals surface area contributed by atoms with Crippen molar-refractivity contribution in [3.05, 3.63) is 344 Å². The van der Waals surface area contributed by atoms with Gasteiger partial charge < -0.3 is 13.4 Å². The summed E-state index contributed by atoms with van der Waals surface area (Å²) in [6.45, 7) is 0. The van der Waals surface area contributed by atoms with Crippen LogP contribution < -0.4 is 0 Å². The summed E-state index contributed by atoms with van der Waals surface area (Å²) >= 11 is 0. The second kappa shape index (κ2) is 22.2. The fourth-order valence-electron chi connectivity index (χ4n) is 15.3. The van der Waals surface area contributed by atoms with E-state index in [0.29, 0.717) is 0 Å². The molecule has 0 saturated heterocycles. The molecule has 3 nitrogen and oxygen atoms in total. The molecule has 1 aliphatic carbocycles. The Labute approximate surface area is 550 Å². The van der Waals surface area contributed by atoms with Crippen LogP contribution >= 0.6 is 0 Å². The van der Waals surface area contributed by atoms with E-state index in [2.05, 4.69) is 338 Å². The summed E-state index contributed by atoms with van der Waals surface area (Å²) in [5.74, 6) is 1.04. The van der Waals surface area contributed by atoms with Crippen molar-refractivity contribution in [3.63, 3.8) is 0 Å². The average molecular weight is 1210 g/mol. The number of fused-ring (bicyclic) bond motifs is 11. The van der Waals surface area contributed by atoms with Crippen molar-refractivity contribution < 1.29 is 8.83 Å². The van der Waals surface area contributed by atoms with Gasteiger partial charge >= 0.3 is 0 Å². The molecule has 95 heavy (non-hydrogen) atoms. The zero-order valence-electron chi connectivity index (χ0n) is 51.9. The van der Waals surface area contributed by atoms with Crippen molar-refractivity contribution >= 4 is 87.9 Å². The third-order valence-corrected chi connectivity index (χ3v) is 19.9. The van der Waals surface area contributed by atoms with Crippen LogP contribution in [0.25, 0.3) is 183 Å². The van der Waals surface area contributed by atoms with Crippen LogP contribution in [-0.4, -0.2) is 4.57 Å². The number of hydrogen-bond acceptors (Lipinski definition) is 2. The summed E-state index contributed by atoms with van der Waals surface area (Å²) in [5, 5.41) is 10.5. The molecule has 0 radical (unpaired) electrons. The SMILES string of the molecule is C1=C(c2ccccc2)CCc2oc3c(-c4ccc5c(c4)c4cc(-c6cc(-c7ccccc7)cc7c6oc6ccc(-c8ccccc8)cc67)ccc4n5-c4ccc(-c5ccc6c(-c7ccccc7)c7ccccc7c(-c7ccccc7)c6c5)cc4)cc(-c4ccccc4)cc3c21. The molecule has 0 unspecified atom stereocenters. The van der Waals surface area contributed by atoms with Crippen molar-refractivity contribution in [2.45, 2.75) is 12.8 Å². The molecule has 3 aromatic heterocycles. The van der Waals surface area contributed by atoms with Gasteiger partial charge in [-0.1, -0.05) is 249 Å². The minimum atomic E-state index is 0.832. The van der Waals surface area contributed by atoms with Crippen LogP contribution in [0.1, 0.15) is 23.3 Å². The Morgan fingerprint density at radius 3 is 1.20 bits per heavy atom. The molecule has 0 amide bonds. The molecule has 0 saturated carbocycles. The first-order valence-corrected chi connectivity index (χ1v) is 32.9. The number of furan rings is 2. The monoisotopic (exact) mass is 1210 g/mol. The second-order valence-corrected chi connectivity index (χ2v) is 25.3. The van der Waals surface area contributed by atoms with E-state index >= 15 is 0 Å². The molecule has 19 rings (SSSR count). The van der Waals surface area contributed by atoms with Gasteiger partial charge in [0.05, 0.1) is 11.0 Å². The van der Waals surface area contributed by atoms with Crippen LogP contribution in [0.2, 0.25) is 0 Å². The van der Waals surface area contributed by atoms with Gasteiger partial charge in [0.15, 0.2) is 0 Å². The van der Waals surface area contributed by atoms with Crippen LogP contribution in [0.5, 0.6) is 0 Å². The normalized spacial score (nSPS) is 12.4. The standard InChI is InChI=1S/C92H59NO2/c1-7-21-58(22-8-1)66-40-47-87-80(49-66)83-56-70(60-25-11-3-12-26-60)54-76(91(83)94-87)68-38-45-85-78(52-68)79-53-69(77-55-71(61-27-13-4-14-28-61)57-84-81-50-67(59-23-9-2-10-24-59)41-48-88(81)95-92(77)84)39-46-86(79)93(85)72-42-35-62(36-43-72)65-37-44-75-82(51-65)90(64-31-17-6-18-32-64)74-34-20-19-33-73(74)89(75)63-29-15-5-16-30-63/h1-40,42-47,49-57H,41,48H2. The fourth-order valence-corrected chi connectivity index (χ4v) is 15.3. The number of aryl methyl sites for hydroxylation is 1. The van der Waals surface area contributed by atoms with Gasteiger partial charge in [-0.3, -0.25) is 0 Å². The largest absolute Gasteiger partial charge is 0.460 e. The highest BCUT2D eigenvalue weighted by Gasteiger charge is 2.26. The first-order valence-electron chi connectivity index (χ1n) is 32.9. The zero-order chi connectivity index (χ0) is 62.5. The second-order valence-electron chi connectivity index (χ2n) is 25.3. The van der Waals surface area contributed by atoms with Gasteiger partial charge in [-0.25, -0.2) is 0 Å². The number of hydrogen-bond donors (Lipinski definition) is 0. The first-order chi connectivity index (χ1) is 47.1. The summed E-state index contributed by atoms with van der Waals surface area (Å²) < 4.78 is 16.6. The van der Waals surface area contributed by atoms with E-state index in [1.165, 1.54) is 66.1 Å². The van der Waals surface area contributed by atoms with E-state index in [9.17, 15) is 0 Å². The van der Waals surface area contributed by atoms with Crippen molar-refractivity contribution in [3.8, 4) is 94.7 Å². The van der Waals surface area contributed by atoms with Gasteiger partial charge in [0.1, 0.15) is 22.5 Å². The van der Waals surface area contributed by atoms with Gasteiger partial charge in [-0.05, 0) is 202 Å².